The molecule has 0 fully saturated rings. The number of benzene rings is 1. The Morgan fingerprint density at radius 1 is 1.44 bits per heavy atom. The summed E-state index contributed by atoms with van der Waals surface area (Å²) in [6.07, 6.45) is 0.732. The van der Waals surface area contributed by atoms with Crippen LogP contribution in [0.5, 0.6) is 0 Å². The van der Waals surface area contributed by atoms with E-state index in [0.717, 1.165) is 27.8 Å². The van der Waals surface area contributed by atoms with E-state index >= 15 is 0 Å². The van der Waals surface area contributed by atoms with Crippen molar-refractivity contribution in [2.75, 3.05) is 0 Å². The van der Waals surface area contributed by atoms with Gasteiger partial charge in [-0.1, -0.05) is 22.9 Å². The van der Waals surface area contributed by atoms with E-state index in [9.17, 15) is 4.79 Å². The van der Waals surface area contributed by atoms with Crippen molar-refractivity contribution in [3.8, 4) is 5.69 Å². The van der Waals surface area contributed by atoms with Crippen LogP contribution in [0.15, 0.2) is 28.7 Å². The lowest BCUT2D eigenvalue weighted by Gasteiger charge is -2.09. The molecule has 0 aliphatic carbocycles. The van der Waals surface area contributed by atoms with Crippen LogP contribution in [0.4, 0.5) is 0 Å². The fourth-order valence-electron chi connectivity index (χ4n) is 1.84. The molecule has 0 radical (unpaired) electrons. The van der Waals surface area contributed by atoms with Gasteiger partial charge in [-0.05, 0) is 43.2 Å². The summed E-state index contributed by atoms with van der Waals surface area (Å²) in [6.45, 7) is 3.95. The average molecular weight is 309 g/mol. The summed E-state index contributed by atoms with van der Waals surface area (Å²) in [5.41, 5.74) is 2.91. The Morgan fingerprint density at radius 2 is 2.17 bits per heavy atom. The lowest BCUT2D eigenvalue weighted by Crippen LogP contribution is -2.05. The minimum absolute atomic E-state index is 0.0779. The van der Waals surface area contributed by atoms with Crippen molar-refractivity contribution in [1.29, 1.82) is 0 Å². The number of hydrogen-bond acceptors (Lipinski definition) is 2. The molecule has 2 rings (SSSR count). The highest BCUT2D eigenvalue weighted by Crippen LogP contribution is 2.21. The fourth-order valence-corrected chi connectivity index (χ4v) is 2.32. The summed E-state index contributed by atoms with van der Waals surface area (Å²) in [5, 5.41) is 13.1. The zero-order chi connectivity index (χ0) is 13.3. The van der Waals surface area contributed by atoms with Crippen LogP contribution in [0.1, 0.15) is 28.7 Å². The number of hydrogen-bond donors (Lipinski definition) is 1. The predicted molar refractivity (Wildman–Crippen MR) is 72.3 cm³/mol. The van der Waals surface area contributed by atoms with Gasteiger partial charge in [0, 0.05) is 10.2 Å². The molecule has 1 N–H and O–H groups in total. The molecule has 0 aliphatic rings. The second kappa shape index (κ2) is 4.94. The summed E-state index contributed by atoms with van der Waals surface area (Å²) in [4.78, 5) is 11.0. The van der Waals surface area contributed by atoms with Gasteiger partial charge in [0.1, 0.15) is 0 Å². The number of carbonyl (C=O) groups is 1. The van der Waals surface area contributed by atoms with E-state index in [4.69, 9.17) is 5.11 Å². The Labute approximate surface area is 113 Å². The molecule has 94 valence electrons. The topological polar surface area (TPSA) is 55.1 Å². The highest BCUT2D eigenvalue weighted by molar-refractivity contribution is 9.10. The van der Waals surface area contributed by atoms with Crippen LogP contribution in [0.25, 0.3) is 5.69 Å². The molecular weight excluding hydrogens is 296 g/mol. The van der Waals surface area contributed by atoms with Crippen LogP contribution < -0.4 is 0 Å². The Kier molecular flexibility index (Phi) is 3.52. The van der Waals surface area contributed by atoms with Gasteiger partial charge in [-0.15, -0.1) is 0 Å². The molecule has 5 heteroatoms. The molecule has 1 aromatic carbocycles. The monoisotopic (exact) mass is 308 g/mol. The van der Waals surface area contributed by atoms with Crippen LogP contribution >= 0.6 is 15.9 Å². The Balaban J connectivity index is 2.58. The van der Waals surface area contributed by atoms with E-state index in [1.165, 1.54) is 0 Å². The van der Waals surface area contributed by atoms with Crippen molar-refractivity contribution >= 4 is 21.9 Å². The van der Waals surface area contributed by atoms with E-state index in [0.29, 0.717) is 0 Å². The molecule has 4 nitrogen and oxygen atoms in total. The first-order valence-electron chi connectivity index (χ1n) is 5.61. The van der Waals surface area contributed by atoms with Gasteiger partial charge >= 0.3 is 5.97 Å². The number of carboxylic acids is 1. The van der Waals surface area contributed by atoms with E-state index < -0.39 is 5.97 Å². The predicted octanol–water partition coefficient (Wildman–Crippen LogP) is 3.20. The lowest BCUT2D eigenvalue weighted by molar-refractivity contribution is 0.0690. The van der Waals surface area contributed by atoms with E-state index in [1.807, 2.05) is 32.0 Å². The van der Waals surface area contributed by atoms with Gasteiger partial charge in [0.25, 0.3) is 0 Å². The zero-order valence-corrected chi connectivity index (χ0v) is 11.7. The third kappa shape index (κ3) is 2.31. The molecule has 0 aliphatic heterocycles. The van der Waals surface area contributed by atoms with Crippen molar-refractivity contribution < 1.29 is 9.90 Å². The van der Waals surface area contributed by atoms with Gasteiger partial charge in [0.2, 0.25) is 0 Å². The van der Waals surface area contributed by atoms with Crippen molar-refractivity contribution in [3.63, 3.8) is 0 Å². The van der Waals surface area contributed by atoms with Crippen LogP contribution in [-0.2, 0) is 6.42 Å². The first-order valence-corrected chi connectivity index (χ1v) is 6.41. The molecule has 0 unspecified atom stereocenters. The van der Waals surface area contributed by atoms with E-state index in [1.54, 1.807) is 10.7 Å². The van der Waals surface area contributed by atoms with Crippen LogP contribution in [-0.4, -0.2) is 20.9 Å². The zero-order valence-electron chi connectivity index (χ0n) is 10.1. The average Bonchev–Trinajstić information content (AvgIpc) is 2.73. The summed E-state index contributed by atoms with van der Waals surface area (Å²) < 4.78 is 2.69. The van der Waals surface area contributed by atoms with Crippen molar-refractivity contribution in [1.82, 2.24) is 9.78 Å². The second-order valence-corrected chi connectivity index (χ2v) is 4.94. The minimum Gasteiger partial charge on any atom is -0.476 e. The molecule has 2 aromatic rings. The fraction of sp³-hybridized carbons (Fsp3) is 0.231. The molecule has 1 aromatic heterocycles. The van der Waals surface area contributed by atoms with Gasteiger partial charge < -0.3 is 5.11 Å². The van der Waals surface area contributed by atoms with Crippen LogP contribution in [0.3, 0.4) is 0 Å². The maximum Gasteiger partial charge on any atom is 0.356 e. The quantitative estimate of drug-likeness (QED) is 0.947. The summed E-state index contributed by atoms with van der Waals surface area (Å²) in [7, 11) is 0. The Bertz CT molecular complexity index is 605. The van der Waals surface area contributed by atoms with Crippen molar-refractivity contribution in [3.05, 3.63) is 45.7 Å². The van der Waals surface area contributed by atoms with Gasteiger partial charge in [-0.3, -0.25) is 0 Å². The molecule has 0 amide bonds. The van der Waals surface area contributed by atoms with Crippen molar-refractivity contribution in [2.45, 2.75) is 20.3 Å². The molecule has 18 heavy (non-hydrogen) atoms. The number of aromatic nitrogens is 2. The molecule has 0 spiro atoms. The maximum absolute atomic E-state index is 11.0. The number of nitrogens with zero attached hydrogens (tertiary/aromatic N) is 2. The standard InChI is InChI=1S/C13H13BrN2O2/c1-3-10-7-11(13(17)18)15-16(10)12-5-4-9(14)6-8(12)2/h4-7H,3H2,1-2H3,(H,17,18). The Hall–Kier alpha value is -1.62. The number of aromatic carboxylic acids is 1. The second-order valence-electron chi connectivity index (χ2n) is 4.02. The van der Waals surface area contributed by atoms with E-state index in [2.05, 4.69) is 21.0 Å². The van der Waals surface area contributed by atoms with Crippen LogP contribution in [0, 0.1) is 6.92 Å². The number of halogens is 1. The third-order valence-corrected chi connectivity index (χ3v) is 3.24. The van der Waals surface area contributed by atoms with Gasteiger partial charge in [0.05, 0.1) is 5.69 Å². The molecule has 0 saturated heterocycles. The van der Waals surface area contributed by atoms with Gasteiger partial charge in [-0.25, -0.2) is 9.48 Å². The molecule has 1 heterocycles. The normalized spacial score (nSPS) is 10.6. The maximum atomic E-state index is 11.0. The lowest BCUT2D eigenvalue weighted by atomic mass is 10.2. The summed E-state index contributed by atoms with van der Waals surface area (Å²) in [5.74, 6) is -1.00. The van der Waals surface area contributed by atoms with Crippen LogP contribution in [0.2, 0.25) is 0 Å². The molecule has 0 saturated carbocycles. The number of carboxylic acid groups (broad SMARTS) is 1. The van der Waals surface area contributed by atoms with Crippen molar-refractivity contribution in [2.24, 2.45) is 0 Å². The third-order valence-electron chi connectivity index (χ3n) is 2.75. The number of aryl methyl sites for hydroxylation is 2. The Morgan fingerprint density at radius 3 is 2.72 bits per heavy atom. The highest BCUT2D eigenvalue weighted by atomic mass is 79.9. The molecule has 0 atom stereocenters. The first kappa shape index (κ1) is 12.8. The van der Waals surface area contributed by atoms with Gasteiger partial charge in [-0.2, -0.15) is 5.10 Å². The summed E-state index contributed by atoms with van der Waals surface area (Å²) >= 11 is 3.41. The summed E-state index contributed by atoms with van der Waals surface area (Å²) in [6, 6.07) is 7.45. The largest absolute Gasteiger partial charge is 0.476 e. The molecule has 0 bridgehead atoms. The smallest absolute Gasteiger partial charge is 0.356 e. The van der Waals surface area contributed by atoms with E-state index in [-0.39, 0.29) is 5.69 Å². The number of rotatable bonds is 3. The molecular formula is C13H13BrN2O2. The SMILES string of the molecule is CCc1cc(C(=O)O)nn1-c1ccc(Br)cc1C. The first-order chi connectivity index (χ1) is 8.52. The highest BCUT2D eigenvalue weighted by Gasteiger charge is 2.14. The minimum atomic E-state index is -1.00. The van der Waals surface area contributed by atoms with Gasteiger partial charge in [0.15, 0.2) is 5.69 Å².